The molecule has 2 radical (unpaired) electrons. The summed E-state index contributed by atoms with van der Waals surface area (Å²) in [7, 11) is 2.01. The monoisotopic (exact) mass is 210 g/mol. The quantitative estimate of drug-likeness (QED) is 0.644. The summed E-state index contributed by atoms with van der Waals surface area (Å²) in [5, 5.41) is 7.57. The van der Waals surface area contributed by atoms with E-state index in [1.807, 2.05) is 21.0 Å². The molecule has 1 aromatic heterocycles. The molecule has 50 valence electrons. The number of aromatic nitrogens is 3. The van der Waals surface area contributed by atoms with Crippen LogP contribution in [0.1, 0.15) is 11.6 Å². The topological polar surface area (TPSA) is 39.9 Å². The molecule has 0 atom stereocenters. The zero-order valence-electron chi connectivity index (χ0n) is 6.20. The van der Waals surface area contributed by atoms with Gasteiger partial charge in [0.25, 0.3) is 0 Å². The van der Waals surface area contributed by atoms with E-state index in [9.17, 15) is 0 Å². The average Bonchev–Trinajstić information content (AvgIpc) is 2.17. The van der Waals surface area contributed by atoms with E-state index in [0.29, 0.717) is 0 Å². The summed E-state index contributed by atoms with van der Waals surface area (Å²) in [4.78, 5) is 4.05. The predicted octanol–water partition coefficient (Wildman–Crippen LogP) is -0.00798. The molecule has 0 fully saturated rings. The number of hydrogen-bond donors (Lipinski definition) is 0. The molecule has 0 unspecified atom stereocenters. The zero-order chi connectivity index (χ0) is 6.69. The summed E-state index contributed by atoms with van der Waals surface area (Å²) in [6.45, 7) is 3.82. The summed E-state index contributed by atoms with van der Waals surface area (Å²) < 4.78 is 0. The first-order valence-electron chi connectivity index (χ1n) is 2.93. The molecule has 0 aliphatic carbocycles. The summed E-state index contributed by atoms with van der Waals surface area (Å²) in [6.07, 6.45) is 0.820. The third-order valence-corrected chi connectivity index (χ3v) is 0.988. The Labute approximate surface area is 86.5 Å². The van der Waals surface area contributed by atoms with Gasteiger partial charge in [0.1, 0.15) is 7.28 Å². The second-order valence-corrected chi connectivity index (χ2v) is 1.89. The Morgan fingerprint density at radius 1 is 1.50 bits per heavy atom. The van der Waals surface area contributed by atoms with Crippen molar-refractivity contribution >= 4 is 7.28 Å². The van der Waals surface area contributed by atoms with Crippen LogP contribution in [-0.4, -0.2) is 17.5 Å². The molecular weight excluding hydrogens is 202 g/mol. The minimum Gasteiger partial charge on any atom is -0.368 e. The average molecular weight is 210 g/mol. The molecule has 0 aliphatic heterocycles. The van der Waals surface area contributed by atoms with Gasteiger partial charge < -0.3 is 15.2 Å². The van der Waals surface area contributed by atoms with Crippen LogP contribution in [0, 0.1) is 6.92 Å². The van der Waals surface area contributed by atoms with Crippen LogP contribution in [0.15, 0.2) is 0 Å². The maximum absolute atomic E-state index is 4.05. The van der Waals surface area contributed by atoms with Crippen molar-refractivity contribution in [2.45, 2.75) is 20.1 Å². The Hall–Kier alpha value is 0.309. The van der Waals surface area contributed by atoms with E-state index in [4.69, 9.17) is 0 Å². The fourth-order valence-corrected chi connectivity index (χ4v) is 0.631. The van der Waals surface area contributed by atoms with E-state index in [1.54, 1.807) is 0 Å². The van der Waals surface area contributed by atoms with Gasteiger partial charge in [0, 0.05) is 32.7 Å². The van der Waals surface area contributed by atoms with Gasteiger partial charge in [-0.25, -0.2) is 0 Å². The predicted molar refractivity (Wildman–Crippen MR) is 35.4 cm³/mol. The molecule has 0 spiro atoms. The standard InChI is InChI=1S/C5H8BN3.Y/c1-4-7-5(3-6-2)9-8-4;/h3H2,1-2H3;/q-1;. The van der Waals surface area contributed by atoms with Crippen LogP contribution in [0.5, 0.6) is 0 Å². The molecular formula is C5H8BN3Y-. The van der Waals surface area contributed by atoms with E-state index in [0.717, 1.165) is 18.0 Å². The van der Waals surface area contributed by atoms with Crippen LogP contribution >= 0.6 is 0 Å². The maximum Gasteiger partial charge on any atom is 0.112 e. The Morgan fingerprint density at radius 3 is 2.60 bits per heavy atom. The SMILES string of the molecule is C[B]Cc1nnc(C)[n-]1.[Y]. The van der Waals surface area contributed by atoms with Gasteiger partial charge in [0.15, 0.2) is 0 Å². The van der Waals surface area contributed by atoms with Crippen LogP contribution in [0.3, 0.4) is 0 Å². The summed E-state index contributed by atoms with van der Waals surface area (Å²) in [6, 6.07) is 0. The fourth-order valence-electron chi connectivity index (χ4n) is 0.631. The molecule has 0 amide bonds. The number of hydrogen-bond acceptors (Lipinski definition) is 2. The van der Waals surface area contributed by atoms with Crippen LogP contribution in [0.2, 0.25) is 6.82 Å². The van der Waals surface area contributed by atoms with Gasteiger partial charge in [-0.3, -0.25) is 0 Å². The van der Waals surface area contributed by atoms with Crippen LogP contribution in [0.4, 0.5) is 0 Å². The largest absolute Gasteiger partial charge is 0.368 e. The third-order valence-electron chi connectivity index (χ3n) is 0.988. The van der Waals surface area contributed by atoms with Crippen molar-refractivity contribution in [2.24, 2.45) is 0 Å². The third kappa shape index (κ3) is 2.93. The van der Waals surface area contributed by atoms with Crippen LogP contribution in [0.25, 0.3) is 0 Å². The van der Waals surface area contributed by atoms with Crippen molar-refractivity contribution in [1.29, 1.82) is 0 Å². The van der Waals surface area contributed by atoms with Crippen molar-refractivity contribution in [3.05, 3.63) is 11.6 Å². The molecule has 5 heteroatoms. The number of nitrogens with zero attached hydrogens (tertiary/aromatic N) is 3. The van der Waals surface area contributed by atoms with E-state index >= 15 is 0 Å². The molecule has 0 saturated heterocycles. The smallest absolute Gasteiger partial charge is 0.112 e. The van der Waals surface area contributed by atoms with Gasteiger partial charge in [-0.05, 0) is 18.6 Å². The maximum atomic E-state index is 4.05. The summed E-state index contributed by atoms with van der Waals surface area (Å²) >= 11 is 0. The van der Waals surface area contributed by atoms with Gasteiger partial charge in [-0.15, -0.1) is 0 Å². The number of aryl methyl sites for hydroxylation is 1. The van der Waals surface area contributed by atoms with E-state index < -0.39 is 0 Å². The van der Waals surface area contributed by atoms with Gasteiger partial charge in [-0.2, -0.15) is 0 Å². The van der Waals surface area contributed by atoms with Crippen molar-refractivity contribution in [3.8, 4) is 0 Å². The summed E-state index contributed by atoms with van der Waals surface area (Å²) in [5.41, 5.74) is 0. The number of rotatable bonds is 2. The van der Waals surface area contributed by atoms with Gasteiger partial charge in [-0.1, -0.05) is 13.1 Å². The summed E-state index contributed by atoms with van der Waals surface area (Å²) in [5.74, 6) is 1.57. The second kappa shape index (κ2) is 5.03. The first-order chi connectivity index (χ1) is 4.33. The van der Waals surface area contributed by atoms with Crippen LogP contribution < -0.4 is 4.98 Å². The molecule has 10 heavy (non-hydrogen) atoms. The molecule has 1 rings (SSSR count). The van der Waals surface area contributed by atoms with Gasteiger partial charge in [0.2, 0.25) is 0 Å². The van der Waals surface area contributed by atoms with E-state index in [1.165, 1.54) is 0 Å². The molecule has 0 N–H and O–H groups in total. The molecule has 0 aliphatic rings. The zero-order valence-corrected chi connectivity index (χ0v) is 9.04. The Balaban J connectivity index is 0.000000810. The molecule has 0 aromatic carbocycles. The minimum atomic E-state index is 0. The van der Waals surface area contributed by atoms with Gasteiger partial charge >= 0.3 is 0 Å². The first-order valence-corrected chi connectivity index (χ1v) is 2.93. The molecule has 1 heterocycles. The first kappa shape index (κ1) is 10.3. The van der Waals surface area contributed by atoms with Crippen LogP contribution in [-0.2, 0) is 39.0 Å². The Kier molecular flexibility index (Phi) is 5.18. The molecule has 1 aromatic rings. The molecule has 0 saturated carbocycles. The normalized spacial score (nSPS) is 8.60. The minimum absolute atomic E-state index is 0. The van der Waals surface area contributed by atoms with Gasteiger partial charge in [0.05, 0.1) is 0 Å². The van der Waals surface area contributed by atoms with Crippen molar-refractivity contribution < 1.29 is 32.7 Å². The van der Waals surface area contributed by atoms with Crippen molar-refractivity contribution in [2.75, 3.05) is 0 Å². The fraction of sp³-hybridized carbons (Fsp3) is 0.600. The van der Waals surface area contributed by atoms with E-state index in [-0.39, 0.29) is 32.7 Å². The van der Waals surface area contributed by atoms with Crippen molar-refractivity contribution in [1.82, 2.24) is 15.2 Å². The van der Waals surface area contributed by atoms with Crippen molar-refractivity contribution in [3.63, 3.8) is 0 Å². The Bertz CT molecular complexity index is 189. The molecule has 3 nitrogen and oxygen atoms in total. The molecule has 0 bridgehead atoms. The second-order valence-electron chi connectivity index (χ2n) is 1.89. The Morgan fingerprint density at radius 2 is 2.20 bits per heavy atom. The van der Waals surface area contributed by atoms with E-state index in [2.05, 4.69) is 15.2 Å².